The van der Waals surface area contributed by atoms with Crippen LogP contribution in [0.15, 0.2) is 23.1 Å². The van der Waals surface area contributed by atoms with Crippen molar-refractivity contribution in [2.24, 2.45) is 0 Å². The minimum Gasteiger partial charge on any atom is -0.392 e. The first kappa shape index (κ1) is 9.71. The minimum absolute atomic E-state index is 0.0466. The molecular weight excluding hydrogens is 216 g/mol. The van der Waals surface area contributed by atoms with Gasteiger partial charge < -0.3 is 5.11 Å². The van der Waals surface area contributed by atoms with Crippen LogP contribution in [0.1, 0.15) is 15.2 Å². The third-order valence-corrected chi connectivity index (χ3v) is 3.61. The molecule has 72 valence electrons. The van der Waals surface area contributed by atoms with Crippen molar-refractivity contribution in [3.63, 3.8) is 0 Å². The maximum atomic E-state index is 10.6. The summed E-state index contributed by atoms with van der Waals surface area (Å²) in [6.07, 6.45) is 0.823. The molecule has 0 aliphatic heterocycles. The van der Waals surface area contributed by atoms with Crippen LogP contribution in [0.5, 0.6) is 0 Å². The molecule has 1 N–H and O–H groups in total. The number of hydrogen-bond donors (Lipinski definition) is 2. The van der Waals surface area contributed by atoms with Crippen molar-refractivity contribution in [3.05, 3.63) is 28.6 Å². The summed E-state index contributed by atoms with van der Waals surface area (Å²) in [6.45, 7) is -0.0466. The molecule has 0 radical (unpaired) electrons. The van der Waals surface area contributed by atoms with E-state index >= 15 is 0 Å². The molecule has 2 nitrogen and oxygen atoms in total. The third kappa shape index (κ3) is 1.45. The Bertz CT molecular complexity index is 488. The number of thiol groups is 1. The van der Waals surface area contributed by atoms with Crippen molar-refractivity contribution in [1.82, 2.24) is 0 Å². The van der Waals surface area contributed by atoms with E-state index in [2.05, 4.69) is 12.6 Å². The standard InChI is InChI=1S/C10H8O2S2/c11-4-7-3-6-1-2-9(13)8(5-12)10(6)14-7/h1-4,12-13H,5H2. The minimum atomic E-state index is -0.0466. The molecular formula is C10H8O2S2. The smallest absolute Gasteiger partial charge is 0.160 e. The van der Waals surface area contributed by atoms with Gasteiger partial charge in [0, 0.05) is 15.2 Å². The average molecular weight is 224 g/mol. The topological polar surface area (TPSA) is 37.3 Å². The van der Waals surface area contributed by atoms with Crippen LogP contribution in [0.25, 0.3) is 10.1 Å². The number of aliphatic hydroxyl groups excluding tert-OH is 1. The average Bonchev–Trinajstić information content (AvgIpc) is 2.60. The van der Waals surface area contributed by atoms with Gasteiger partial charge in [-0.25, -0.2) is 0 Å². The first-order valence-corrected chi connectivity index (χ1v) is 5.33. The molecule has 14 heavy (non-hydrogen) atoms. The second kappa shape index (κ2) is 3.73. The van der Waals surface area contributed by atoms with Crippen molar-refractivity contribution in [2.75, 3.05) is 0 Å². The zero-order valence-electron chi connectivity index (χ0n) is 7.23. The Labute approximate surface area is 90.6 Å². The number of fused-ring (bicyclic) bond motifs is 1. The first-order valence-electron chi connectivity index (χ1n) is 4.06. The van der Waals surface area contributed by atoms with Crippen molar-refractivity contribution in [3.8, 4) is 0 Å². The third-order valence-electron chi connectivity index (χ3n) is 2.06. The van der Waals surface area contributed by atoms with Gasteiger partial charge in [-0.3, -0.25) is 4.79 Å². The van der Waals surface area contributed by atoms with Crippen molar-refractivity contribution in [1.29, 1.82) is 0 Å². The number of hydrogen-bond acceptors (Lipinski definition) is 4. The van der Waals surface area contributed by atoms with E-state index in [4.69, 9.17) is 5.11 Å². The highest BCUT2D eigenvalue weighted by Crippen LogP contribution is 2.31. The predicted octanol–water partition coefficient (Wildman–Crippen LogP) is 2.49. The monoisotopic (exact) mass is 224 g/mol. The molecule has 1 heterocycles. The molecule has 1 aromatic heterocycles. The van der Waals surface area contributed by atoms with Gasteiger partial charge in [0.25, 0.3) is 0 Å². The van der Waals surface area contributed by atoms with Crippen molar-refractivity contribution < 1.29 is 9.90 Å². The van der Waals surface area contributed by atoms with E-state index in [1.54, 1.807) is 0 Å². The number of aliphatic hydroxyl groups is 1. The Balaban J connectivity index is 2.79. The summed E-state index contributed by atoms with van der Waals surface area (Å²) in [5.41, 5.74) is 0.795. The lowest BCUT2D eigenvalue weighted by molar-refractivity contribution is 0.112. The number of benzene rings is 1. The molecule has 2 rings (SSSR count). The molecule has 0 aliphatic carbocycles. The molecule has 1 aromatic carbocycles. The maximum Gasteiger partial charge on any atom is 0.160 e. The molecule has 0 atom stereocenters. The van der Waals surface area contributed by atoms with E-state index in [-0.39, 0.29) is 6.61 Å². The summed E-state index contributed by atoms with van der Waals surface area (Å²) in [5, 5.41) is 10.2. The zero-order valence-corrected chi connectivity index (χ0v) is 8.94. The second-order valence-corrected chi connectivity index (χ2v) is 4.47. The van der Waals surface area contributed by atoms with Gasteiger partial charge >= 0.3 is 0 Å². The molecule has 0 spiro atoms. The highest BCUT2D eigenvalue weighted by Gasteiger charge is 2.08. The van der Waals surface area contributed by atoms with Crippen molar-refractivity contribution >= 4 is 40.3 Å². The first-order chi connectivity index (χ1) is 6.76. The molecule has 0 unspecified atom stereocenters. The lowest BCUT2D eigenvalue weighted by Crippen LogP contribution is -1.84. The number of carbonyl (C=O) groups is 1. The van der Waals surface area contributed by atoms with E-state index in [1.807, 2.05) is 18.2 Å². The SMILES string of the molecule is O=Cc1cc2ccc(S)c(CO)c2s1. The fraction of sp³-hybridized carbons (Fsp3) is 0.100. The van der Waals surface area contributed by atoms with Crippen LogP contribution in [-0.4, -0.2) is 11.4 Å². The number of thiophene rings is 1. The van der Waals surface area contributed by atoms with Crippen molar-refractivity contribution in [2.45, 2.75) is 11.5 Å². The summed E-state index contributed by atoms with van der Waals surface area (Å²) in [5.74, 6) is 0. The van der Waals surface area contributed by atoms with Crippen LogP contribution in [0.4, 0.5) is 0 Å². The number of rotatable bonds is 2. The molecule has 0 aliphatic rings. The van der Waals surface area contributed by atoms with E-state index in [9.17, 15) is 4.79 Å². The van der Waals surface area contributed by atoms with E-state index in [1.165, 1.54) is 11.3 Å². The Hall–Kier alpha value is -0.840. The van der Waals surface area contributed by atoms with Gasteiger partial charge in [0.1, 0.15) is 0 Å². The predicted molar refractivity (Wildman–Crippen MR) is 60.4 cm³/mol. The van der Waals surface area contributed by atoms with Crippen LogP contribution in [0.3, 0.4) is 0 Å². The van der Waals surface area contributed by atoms with Crippen LogP contribution in [0.2, 0.25) is 0 Å². The molecule has 0 amide bonds. The van der Waals surface area contributed by atoms with Crippen LogP contribution < -0.4 is 0 Å². The highest BCUT2D eigenvalue weighted by atomic mass is 32.1. The van der Waals surface area contributed by atoms with Gasteiger partial charge in [-0.2, -0.15) is 0 Å². The highest BCUT2D eigenvalue weighted by molar-refractivity contribution is 7.80. The quantitative estimate of drug-likeness (QED) is 0.607. The van der Waals surface area contributed by atoms with Crippen LogP contribution in [-0.2, 0) is 6.61 Å². The zero-order chi connectivity index (χ0) is 10.1. The Morgan fingerprint density at radius 3 is 2.93 bits per heavy atom. The Morgan fingerprint density at radius 2 is 2.29 bits per heavy atom. The van der Waals surface area contributed by atoms with Gasteiger partial charge in [-0.15, -0.1) is 24.0 Å². The molecule has 0 fully saturated rings. The second-order valence-electron chi connectivity index (χ2n) is 2.91. The lowest BCUT2D eigenvalue weighted by atomic mass is 10.2. The fourth-order valence-corrected chi connectivity index (χ4v) is 2.73. The van der Waals surface area contributed by atoms with Gasteiger partial charge in [-0.1, -0.05) is 6.07 Å². The fourth-order valence-electron chi connectivity index (χ4n) is 1.38. The molecule has 0 saturated heterocycles. The van der Waals surface area contributed by atoms with Gasteiger partial charge in [0.15, 0.2) is 6.29 Å². The summed E-state index contributed by atoms with van der Waals surface area (Å²) >= 11 is 5.64. The number of carbonyl (C=O) groups excluding carboxylic acids is 1. The Kier molecular flexibility index (Phi) is 2.58. The molecule has 4 heteroatoms. The van der Waals surface area contributed by atoms with Crippen LogP contribution >= 0.6 is 24.0 Å². The van der Waals surface area contributed by atoms with Gasteiger partial charge in [0.2, 0.25) is 0 Å². The maximum absolute atomic E-state index is 10.6. The van der Waals surface area contributed by atoms with Crippen LogP contribution in [0, 0.1) is 0 Å². The summed E-state index contributed by atoms with van der Waals surface area (Å²) in [7, 11) is 0. The van der Waals surface area contributed by atoms with E-state index in [0.29, 0.717) is 4.88 Å². The van der Waals surface area contributed by atoms with Gasteiger partial charge in [0.05, 0.1) is 11.5 Å². The number of aldehydes is 1. The normalized spacial score (nSPS) is 10.7. The summed E-state index contributed by atoms with van der Waals surface area (Å²) < 4.78 is 0.946. The Morgan fingerprint density at radius 1 is 1.50 bits per heavy atom. The van der Waals surface area contributed by atoms with Gasteiger partial charge in [-0.05, 0) is 17.5 Å². The summed E-state index contributed by atoms with van der Waals surface area (Å²) in [6, 6.07) is 5.55. The summed E-state index contributed by atoms with van der Waals surface area (Å²) in [4.78, 5) is 12.0. The molecule has 2 aromatic rings. The largest absolute Gasteiger partial charge is 0.392 e. The lowest BCUT2D eigenvalue weighted by Gasteiger charge is -2.01. The van der Waals surface area contributed by atoms with E-state index in [0.717, 1.165) is 26.8 Å². The van der Waals surface area contributed by atoms with E-state index < -0.39 is 0 Å². The molecule has 0 bridgehead atoms. The molecule has 0 saturated carbocycles.